The fourth-order valence-electron chi connectivity index (χ4n) is 3.49. The summed E-state index contributed by atoms with van der Waals surface area (Å²) in [6.45, 7) is 5.53. The Morgan fingerprint density at radius 1 is 1.10 bits per heavy atom. The second-order valence-corrected chi connectivity index (χ2v) is 7.56. The SMILES string of the molecule is CCC(CC)c1cc(CNC(=NC)NCc2cc(N(C)C)nc3ccccc23)on1.I. The molecule has 2 N–H and O–H groups in total. The molecule has 3 aromatic rings. The molecule has 0 bridgehead atoms. The molecule has 0 amide bonds. The van der Waals surface area contributed by atoms with Crippen molar-refractivity contribution < 1.29 is 4.52 Å². The first-order chi connectivity index (χ1) is 14.5. The third-order valence-electron chi connectivity index (χ3n) is 5.33. The van der Waals surface area contributed by atoms with Crippen LogP contribution < -0.4 is 15.5 Å². The third-order valence-corrected chi connectivity index (χ3v) is 5.33. The minimum atomic E-state index is 0. The van der Waals surface area contributed by atoms with Gasteiger partial charge in [-0.15, -0.1) is 24.0 Å². The van der Waals surface area contributed by atoms with Crippen molar-refractivity contribution in [3.8, 4) is 0 Å². The van der Waals surface area contributed by atoms with Crippen molar-refractivity contribution in [3.05, 3.63) is 53.4 Å². The van der Waals surface area contributed by atoms with Crippen LogP contribution in [-0.4, -0.2) is 37.2 Å². The van der Waals surface area contributed by atoms with Crippen molar-refractivity contribution in [2.45, 2.75) is 45.7 Å². The van der Waals surface area contributed by atoms with E-state index in [-0.39, 0.29) is 24.0 Å². The second-order valence-electron chi connectivity index (χ2n) is 7.56. The molecule has 0 fully saturated rings. The lowest BCUT2D eigenvalue weighted by Gasteiger charge is -2.16. The predicted octanol–water partition coefficient (Wildman–Crippen LogP) is 4.68. The monoisotopic (exact) mass is 536 g/mol. The zero-order chi connectivity index (χ0) is 21.5. The van der Waals surface area contributed by atoms with Crippen LogP contribution in [0, 0.1) is 0 Å². The maximum atomic E-state index is 5.50. The normalized spacial score (nSPS) is 11.5. The van der Waals surface area contributed by atoms with Gasteiger partial charge >= 0.3 is 0 Å². The average molecular weight is 536 g/mol. The van der Waals surface area contributed by atoms with Crippen molar-refractivity contribution >= 4 is 46.7 Å². The fraction of sp³-hybridized carbons (Fsp3) is 0.435. The first-order valence-corrected chi connectivity index (χ1v) is 10.5. The van der Waals surface area contributed by atoms with Gasteiger partial charge in [-0.05, 0) is 30.5 Å². The molecule has 0 aliphatic carbocycles. The predicted molar refractivity (Wildman–Crippen MR) is 138 cm³/mol. The Bertz CT molecular complexity index is 997. The van der Waals surface area contributed by atoms with Gasteiger partial charge in [0.2, 0.25) is 0 Å². The van der Waals surface area contributed by atoms with E-state index in [9.17, 15) is 0 Å². The Morgan fingerprint density at radius 3 is 2.48 bits per heavy atom. The zero-order valence-electron chi connectivity index (χ0n) is 19.0. The largest absolute Gasteiger partial charge is 0.363 e. The number of benzene rings is 1. The van der Waals surface area contributed by atoms with Crippen LogP contribution in [0.5, 0.6) is 0 Å². The fourth-order valence-corrected chi connectivity index (χ4v) is 3.49. The number of pyridine rings is 1. The smallest absolute Gasteiger partial charge is 0.191 e. The molecule has 0 unspecified atom stereocenters. The molecule has 8 heteroatoms. The Balaban J connectivity index is 0.00000341. The summed E-state index contributed by atoms with van der Waals surface area (Å²) in [5.41, 5.74) is 3.18. The van der Waals surface area contributed by atoms with Gasteiger partial charge in [-0.2, -0.15) is 0 Å². The summed E-state index contributed by atoms with van der Waals surface area (Å²) in [6.07, 6.45) is 2.13. The number of aliphatic imine (C=N–C) groups is 1. The number of hydrogen-bond acceptors (Lipinski definition) is 5. The van der Waals surface area contributed by atoms with E-state index in [1.54, 1.807) is 7.05 Å². The van der Waals surface area contributed by atoms with Crippen LogP contribution in [0.15, 0.2) is 45.9 Å². The Morgan fingerprint density at radius 2 is 1.81 bits per heavy atom. The minimum Gasteiger partial charge on any atom is -0.363 e. The van der Waals surface area contributed by atoms with Gasteiger partial charge in [0.05, 0.1) is 17.8 Å². The molecule has 0 saturated heterocycles. The topological polar surface area (TPSA) is 78.6 Å². The molecule has 2 aromatic heterocycles. The van der Waals surface area contributed by atoms with Crippen molar-refractivity contribution in [2.75, 3.05) is 26.0 Å². The number of rotatable bonds is 8. The van der Waals surface area contributed by atoms with Crippen LogP contribution in [0.2, 0.25) is 0 Å². The number of aromatic nitrogens is 2. The molecule has 0 aliphatic heterocycles. The van der Waals surface area contributed by atoms with E-state index in [4.69, 9.17) is 9.51 Å². The van der Waals surface area contributed by atoms with Gasteiger partial charge in [0.15, 0.2) is 11.7 Å². The maximum Gasteiger partial charge on any atom is 0.191 e. The molecule has 0 atom stereocenters. The van der Waals surface area contributed by atoms with Gasteiger partial charge in [-0.1, -0.05) is 37.2 Å². The molecular weight excluding hydrogens is 503 g/mol. The Kier molecular flexibility index (Phi) is 9.54. The van der Waals surface area contributed by atoms with Crippen molar-refractivity contribution in [2.24, 2.45) is 4.99 Å². The highest BCUT2D eigenvalue weighted by molar-refractivity contribution is 14.0. The minimum absolute atomic E-state index is 0. The second kappa shape index (κ2) is 11.9. The first kappa shape index (κ1) is 24.9. The Hall–Kier alpha value is -2.36. The summed E-state index contributed by atoms with van der Waals surface area (Å²) in [6, 6.07) is 12.3. The average Bonchev–Trinajstić information content (AvgIpc) is 3.23. The van der Waals surface area contributed by atoms with Crippen LogP contribution >= 0.6 is 24.0 Å². The third kappa shape index (κ3) is 6.32. The van der Waals surface area contributed by atoms with E-state index in [1.165, 1.54) is 5.56 Å². The number of guanidine groups is 1. The van der Waals surface area contributed by atoms with Crippen LogP contribution in [0.1, 0.15) is 49.6 Å². The summed E-state index contributed by atoms with van der Waals surface area (Å²) >= 11 is 0. The van der Waals surface area contributed by atoms with E-state index < -0.39 is 0 Å². The zero-order valence-corrected chi connectivity index (χ0v) is 21.3. The summed E-state index contributed by atoms with van der Waals surface area (Å²) in [5.74, 6) is 2.90. The quantitative estimate of drug-likeness (QED) is 0.248. The Labute approximate surface area is 201 Å². The number of nitrogens with one attached hydrogen (secondary N) is 2. The molecule has 0 spiro atoms. The molecule has 0 radical (unpaired) electrons. The number of nitrogens with zero attached hydrogens (tertiary/aromatic N) is 4. The van der Waals surface area contributed by atoms with Crippen molar-refractivity contribution in [1.29, 1.82) is 0 Å². The standard InChI is InChI=1S/C23H32N6O.HI/c1-6-16(7-2)21-13-18(30-28-21)15-26-23(24-3)25-14-17-12-22(29(4)5)27-20-11-9-8-10-19(17)20;/h8-13,16H,6-7,14-15H2,1-5H3,(H2,24,25,26);1H. The van der Waals surface area contributed by atoms with E-state index in [1.807, 2.05) is 43.3 Å². The van der Waals surface area contributed by atoms with Gasteiger partial charge in [0.1, 0.15) is 5.82 Å². The molecule has 2 heterocycles. The number of halogens is 1. The van der Waals surface area contributed by atoms with Crippen LogP contribution in [0.25, 0.3) is 10.9 Å². The van der Waals surface area contributed by atoms with Gasteiger partial charge < -0.3 is 20.1 Å². The summed E-state index contributed by atoms with van der Waals surface area (Å²) in [7, 11) is 5.77. The molecule has 0 aliphatic rings. The van der Waals surface area contributed by atoms with Gasteiger partial charge in [0.25, 0.3) is 0 Å². The van der Waals surface area contributed by atoms with E-state index >= 15 is 0 Å². The van der Waals surface area contributed by atoms with E-state index in [2.05, 4.69) is 46.8 Å². The van der Waals surface area contributed by atoms with Crippen LogP contribution in [-0.2, 0) is 13.1 Å². The maximum absolute atomic E-state index is 5.50. The number of anilines is 1. The van der Waals surface area contributed by atoms with E-state index in [0.29, 0.717) is 25.0 Å². The van der Waals surface area contributed by atoms with Crippen LogP contribution in [0.3, 0.4) is 0 Å². The number of fused-ring (bicyclic) bond motifs is 1. The summed E-state index contributed by atoms with van der Waals surface area (Å²) in [4.78, 5) is 11.1. The van der Waals surface area contributed by atoms with Crippen LogP contribution in [0.4, 0.5) is 5.82 Å². The summed E-state index contributed by atoms with van der Waals surface area (Å²) < 4.78 is 5.50. The van der Waals surface area contributed by atoms with Crippen molar-refractivity contribution in [1.82, 2.24) is 20.8 Å². The van der Waals surface area contributed by atoms with Gasteiger partial charge in [-0.25, -0.2) is 4.98 Å². The van der Waals surface area contributed by atoms with E-state index in [0.717, 1.165) is 41.0 Å². The lowest BCUT2D eigenvalue weighted by molar-refractivity contribution is 0.368. The van der Waals surface area contributed by atoms with Gasteiger partial charge in [0, 0.05) is 45.1 Å². The number of para-hydroxylation sites is 1. The molecule has 168 valence electrons. The highest BCUT2D eigenvalue weighted by Crippen LogP contribution is 2.23. The lowest BCUT2D eigenvalue weighted by Crippen LogP contribution is -2.36. The molecule has 1 aromatic carbocycles. The first-order valence-electron chi connectivity index (χ1n) is 10.5. The van der Waals surface area contributed by atoms with Gasteiger partial charge in [-0.3, -0.25) is 4.99 Å². The number of hydrogen-bond donors (Lipinski definition) is 2. The van der Waals surface area contributed by atoms with Crippen molar-refractivity contribution in [3.63, 3.8) is 0 Å². The highest BCUT2D eigenvalue weighted by Gasteiger charge is 2.13. The molecule has 3 rings (SSSR count). The highest BCUT2D eigenvalue weighted by atomic mass is 127. The lowest BCUT2D eigenvalue weighted by atomic mass is 9.99. The molecule has 0 saturated carbocycles. The molecular formula is C23H33IN6O. The molecule has 7 nitrogen and oxygen atoms in total. The summed E-state index contributed by atoms with van der Waals surface area (Å²) in [5, 5.41) is 12.1. The molecule has 31 heavy (non-hydrogen) atoms.